The quantitative estimate of drug-likeness (QED) is 0.352. The lowest BCUT2D eigenvalue weighted by Crippen LogP contribution is -2.40. The van der Waals surface area contributed by atoms with Crippen LogP contribution in [0.1, 0.15) is 6.92 Å². The molecule has 0 atom stereocenters. The van der Waals surface area contributed by atoms with Crippen LogP contribution in [0.5, 0.6) is 5.75 Å². The molecule has 0 unspecified atom stereocenters. The number of rotatable bonds is 10. The fraction of sp³-hybridized carbons (Fsp3) is 0.381. The number of nitrogens with zero attached hydrogens (tertiary/aromatic N) is 1. The van der Waals surface area contributed by atoms with Gasteiger partial charge in [-0.1, -0.05) is 0 Å². The molecule has 10 nitrogen and oxygen atoms in total. The van der Waals surface area contributed by atoms with Crippen molar-refractivity contribution in [3.8, 4) is 5.75 Å². The summed E-state index contributed by atoms with van der Waals surface area (Å²) in [6, 6.07) is 10.5. The molecule has 0 radical (unpaired) electrons. The fourth-order valence-electron chi connectivity index (χ4n) is 3.21. The van der Waals surface area contributed by atoms with Crippen molar-refractivity contribution in [1.29, 1.82) is 0 Å². The van der Waals surface area contributed by atoms with Gasteiger partial charge in [0.25, 0.3) is 0 Å². The van der Waals surface area contributed by atoms with E-state index in [2.05, 4.69) is 10.0 Å². The summed E-state index contributed by atoms with van der Waals surface area (Å²) >= 11 is 1.39. The molecule has 2 aromatic rings. The molecule has 13 heteroatoms. The first-order chi connectivity index (χ1) is 16.1. The topological polar surface area (TPSA) is 131 Å². The molecule has 3 rings (SSSR count). The molecule has 1 amide bonds. The van der Waals surface area contributed by atoms with Crippen molar-refractivity contribution in [1.82, 2.24) is 9.03 Å². The second-order valence-corrected chi connectivity index (χ2v) is 11.8. The Morgan fingerprint density at radius 3 is 2.32 bits per heavy atom. The number of sulfonamides is 2. The average Bonchev–Trinajstić information content (AvgIpc) is 2.82. The van der Waals surface area contributed by atoms with Crippen molar-refractivity contribution in [2.24, 2.45) is 0 Å². The highest BCUT2D eigenvalue weighted by molar-refractivity contribution is 7.98. The van der Waals surface area contributed by atoms with E-state index in [-0.39, 0.29) is 28.8 Å². The maximum atomic E-state index is 12.7. The minimum Gasteiger partial charge on any atom is -0.492 e. The van der Waals surface area contributed by atoms with Gasteiger partial charge in [-0.2, -0.15) is 4.31 Å². The summed E-state index contributed by atoms with van der Waals surface area (Å²) < 4.78 is 65.1. The zero-order valence-electron chi connectivity index (χ0n) is 18.8. The average molecular weight is 530 g/mol. The number of ether oxygens (including phenoxy) is 2. The molecule has 34 heavy (non-hydrogen) atoms. The van der Waals surface area contributed by atoms with Crippen LogP contribution in [-0.2, 0) is 29.6 Å². The molecule has 0 aromatic heterocycles. The zero-order valence-corrected chi connectivity index (χ0v) is 21.3. The van der Waals surface area contributed by atoms with Crippen molar-refractivity contribution >= 4 is 43.4 Å². The molecule has 1 fully saturated rings. The second kappa shape index (κ2) is 11.5. The lowest BCUT2D eigenvalue weighted by Gasteiger charge is -2.26. The van der Waals surface area contributed by atoms with E-state index in [1.54, 1.807) is 6.07 Å². The van der Waals surface area contributed by atoms with Crippen molar-refractivity contribution in [2.75, 3.05) is 51.0 Å². The lowest BCUT2D eigenvalue weighted by atomic mass is 10.3. The van der Waals surface area contributed by atoms with E-state index >= 15 is 0 Å². The van der Waals surface area contributed by atoms with Gasteiger partial charge in [0, 0.05) is 31.5 Å². The number of anilines is 1. The maximum Gasteiger partial charge on any atom is 0.243 e. The van der Waals surface area contributed by atoms with E-state index in [0.717, 1.165) is 4.90 Å². The maximum absolute atomic E-state index is 12.7. The second-order valence-electron chi connectivity index (χ2n) is 7.28. The van der Waals surface area contributed by atoms with Gasteiger partial charge in [0.1, 0.15) is 12.4 Å². The summed E-state index contributed by atoms with van der Waals surface area (Å²) in [6.45, 7) is 2.75. The number of hydrogen-bond acceptors (Lipinski definition) is 8. The predicted molar refractivity (Wildman–Crippen MR) is 129 cm³/mol. The standard InChI is InChI=1S/C21H27N3O7S3/c1-16(25)23-20-15-19(7-8-21(20)32-2)33(26,27)22-9-12-31-17-3-5-18(6-4-17)34(28,29)24-10-13-30-14-11-24/h3-8,15,22H,9-14H2,1-2H3,(H,23,25). The minimum absolute atomic E-state index is 0.00406. The number of carbonyl (C=O) groups excluding carboxylic acids is 1. The Kier molecular flexibility index (Phi) is 8.95. The van der Waals surface area contributed by atoms with Crippen LogP contribution in [0.2, 0.25) is 0 Å². The summed E-state index contributed by atoms with van der Waals surface area (Å²) in [7, 11) is -7.41. The summed E-state index contributed by atoms with van der Waals surface area (Å²) in [4.78, 5) is 12.3. The van der Waals surface area contributed by atoms with Crippen molar-refractivity contribution in [2.45, 2.75) is 21.6 Å². The molecule has 1 aliphatic heterocycles. The molecular formula is C21H27N3O7S3. The first-order valence-corrected chi connectivity index (χ1v) is 14.5. The van der Waals surface area contributed by atoms with Gasteiger partial charge in [0.15, 0.2) is 0 Å². The third-order valence-corrected chi connectivity index (χ3v) is 9.05. The van der Waals surface area contributed by atoms with E-state index < -0.39 is 20.0 Å². The Balaban J connectivity index is 1.56. The smallest absolute Gasteiger partial charge is 0.243 e. The Morgan fingerprint density at radius 1 is 1.06 bits per heavy atom. The van der Waals surface area contributed by atoms with Gasteiger partial charge in [0.05, 0.1) is 28.7 Å². The third kappa shape index (κ3) is 6.71. The van der Waals surface area contributed by atoms with Gasteiger partial charge in [-0.3, -0.25) is 4.79 Å². The van der Waals surface area contributed by atoms with E-state index in [9.17, 15) is 21.6 Å². The molecule has 1 aliphatic rings. The van der Waals surface area contributed by atoms with Gasteiger partial charge in [-0.15, -0.1) is 11.8 Å². The molecule has 0 aliphatic carbocycles. The van der Waals surface area contributed by atoms with E-state index in [4.69, 9.17) is 9.47 Å². The lowest BCUT2D eigenvalue weighted by molar-refractivity contribution is -0.114. The summed E-state index contributed by atoms with van der Waals surface area (Å²) in [5.41, 5.74) is 0.422. The predicted octanol–water partition coefficient (Wildman–Crippen LogP) is 1.75. The summed E-state index contributed by atoms with van der Waals surface area (Å²) in [5.74, 6) is 0.118. The highest BCUT2D eigenvalue weighted by atomic mass is 32.2. The van der Waals surface area contributed by atoms with Gasteiger partial charge in [-0.05, 0) is 48.7 Å². The fourth-order valence-corrected chi connectivity index (χ4v) is 6.19. The molecule has 0 spiro atoms. The molecule has 186 valence electrons. The molecule has 0 saturated carbocycles. The zero-order chi connectivity index (χ0) is 24.8. The molecule has 0 bridgehead atoms. The first kappa shape index (κ1) is 26.4. The van der Waals surface area contributed by atoms with Gasteiger partial charge in [-0.25, -0.2) is 21.6 Å². The highest BCUT2D eigenvalue weighted by Gasteiger charge is 2.26. The van der Waals surface area contributed by atoms with Crippen LogP contribution in [-0.4, -0.2) is 72.8 Å². The summed E-state index contributed by atoms with van der Waals surface area (Å²) in [5, 5.41) is 2.63. The van der Waals surface area contributed by atoms with Gasteiger partial charge >= 0.3 is 0 Å². The Hall–Kier alpha value is -2.16. The largest absolute Gasteiger partial charge is 0.492 e. The van der Waals surface area contributed by atoms with Crippen LogP contribution in [0.25, 0.3) is 0 Å². The number of amides is 1. The minimum atomic E-state index is -3.82. The Bertz CT molecular complexity index is 1210. The Morgan fingerprint density at radius 2 is 1.71 bits per heavy atom. The number of hydrogen-bond donors (Lipinski definition) is 2. The number of morpholine rings is 1. The molecule has 2 aromatic carbocycles. The number of nitrogens with one attached hydrogen (secondary N) is 2. The molecule has 1 saturated heterocycles. The van der Waals surface area contributed by atoms with Crippen LogP contribution in [0.4, 0.5) is 5.69 Å². The number of carbonyl (C=O) groups is 1. The monoisotopic (exact) mass is 529 g/mol. The SMILES string of the molecule is CSc1ccc(S(=O)(=O)NCCOc2ccc(S(=O)(=O)N3CCOCC3)cc2)cc1NC(C)=O. The van der Waals surface area contributed by atoms with Crippen LogP contribution >= 0.6 is 11.8 Å². The van der Waals surface area contributed by atoms with Crippen molar-refractivity contribution in [3.05, 3.63) is 42.5 Å². The normalized spacial score (nSPS) is 15.1. The van der Waals surface area contributed by atoms with Crippen LogP contribution in [0.15, 0.2) is 57.2 Å². The van der Waals surface area contributed by atoms with E-state index in [1.165, 1.54) is 59.4 Å². The number of benzene rings is 2. The molecular weight excluding hydrogens is 502 g/mol. The van der Waals surface area contributed by atoms with Crippen molar-refractivity contribution < 1.29 is 31.1 Å². The van der Waals surface area contributed by atoms with Crippen LogP contribution < -0.4 is 14.8 Å². The molecule has 1 heterocycles. The number of thioether (sulfide) groups is 1. The third-order valence-electron chi connectivity index (χ3n) is 4.89. The first-order valence-electron chi connectivity index (χ1n) is 10.4. The van der Waals surface area contributed by atoms with Gasteiger partial charge in [0.2, 0.25) is 26.0 Å². The van der Waals surface area contributed by atoms with Crippen LogP contribution in [0, 0.1) is 0 Å². The summed E-state index contributed by atoms with van der Waals surface area (Å²) in [6.07, 6.45) is 1.83. The van der Waals surface area contributed by atoms with Crippen molar-refractivity contribution in [3.63, 3.8) is 0 Å². The van der Waals surface area contributed by atoms with E-state index in [0.29, 0.717) is 37.7 Å². The highest BCUT2D eigenvalue weighted by Crippen LogP contribution is 2.28. The van der Waals surface area contributed by atoms with Gasteiger partial charge < -0.3 is 14.8 Å². The van der Waals surface area contributed by atoms with E-state index in [1.807, 2.05) is 6.26 Å². The Labute approximate surface area is 204 Å². The molecule has 2 N–H and O–H groups in total. The van der Waals surface area contributed by atoms with Crippen LogP contribution in [0.3, 0.4) is 0 Å².